The van der Waals surface area contributed by atoms with Gasteiger partial charge < -0.3 is 9.30 Å². The maximum atomic E-state index is 13.1. The molecule has 3 heterocycles. The second-order valence-electron chi connectivity index (χ2n) is 7.30. The van der Waals surface area contributed by atoms with Gasteiger partial charge in [0.25, 0.3) is 15.9 Å². The van der Waals surface area contributed by atoms with Gasteiger partial charge in [0, 0.05) is 6.54 Å². The smallest absolute Gasteiger partial charge is 0.325 e. The molecule has 3 aromatic rings. The number of carbonyl (C=O) groups excluding carboxylic acids is 2. The molecule has 0 aliphatic carbocycles. The number of sulfonamides is 1. The number of thiophene rings is 1. The number of benzene rings is 1. The third-order valence-corrected chi connectivity index (χ3v) is 9.81. The number of aryl methyl sites for hydroxylation is 1. The number of rotatable bonds is 5. The van der Waals surface area contributed by atoms with Gasteiger partial charge in [-0.3, -0.25) is 9.59 Å². The lowest BCUT2D eigenvalue weighted by Gasteiger charge is -2.20. The molecule has 32 heavy (non-hydrogen) atoms. The molecule has 2 aromatic heterocycles. The van der Waals surface area contributed by atoms with E-state index in [1.807, 2.05) is 25.1 Å². The van der Waals surface area contributed by atoms with Gasteiger partial charge in [-0.05, 0) is 49.6 Å². The topological polar surface area (TPSA) is 98.0 Å². The monoisotopic (exact) mass is 513 g/mol. The molecule has 1 fully saturated rings. The lowest BCUT2D eigenvalue weighted by Crippen LogP contribution is -2.40. The lowest BCUT2D eigenvalue weighted by molar-refractivity contribution is -0.141. The Bertz CT molecular complexity index is 1370. The summed E-state index contributed by atoms with van der Waals surface area (Å²) in [5, 5.41) is 0. The van der Waals surface area contributed by atoms with Crippen molar-refractivity contribution in [1.29, 1.82) is 0 Å². The fourth-order valence-corrected chi connectivity index (χ4v) is 8.00. The van der Waals surface area contributed by atoms with E-state index in [9.17, 15) is 18.0 Å². The summed E-state index contributed by atoms with van der Waals surface area (Å²) in [6, 6.07) is 7.78. The average Bonchev–Trinajstić information content (AvgIpc) is 3.47. The Balaban J connectivity index is 1.74. The van der Waals surface area contributed by atoms with Crippen LogP contribution in [0.15, 0.2) is 39.5 Å². The van der Waals surface area contributed by atoms with Crippen molar-refractivity contribution >= 4 is 66.4 Å². The van der Waals surface area contributed by atoms with Crippen LogP contribution in [0.5, 0.6) is 0 Å². The minimum atomic E-state index is -3.86. The number of thiazole rings is 1. The Morgan fingerprint density at radius 1 is 1.25 bits per heavy atom. The van der Waals surface area contributed by atoms with E-state index in [1.54, 1.807) is 4.57 Å². The molecule has 0 bridgehead atoms. The molecule has 8 nitrogen and oxygen atoms in total. The van der Waals surface area contributed by atoms with E-state index in [-0.39, 0.29) is 17.3 Å². The second kappa shape index (κ2) is 9.06. The normalized spacial score (nSPS) is 17.8. The summed E-state index contributed by atoms with van der Waals surface area (Å²) in [5.74, 6) is -1.03. The zero-order valence-corrected chi connectivity index (χ0v) is 20.5. The molecular formula is C20H20ClN3O5S3. The Hall–Kier alpha value is -2.05. The molecule has 1 aliphatic heterocycles. The molecular weight excluding hydrogens is 494 g/mol. The van der Waals surface area contributed by atoms with Gasteiger partial charge in [0.2, 0.25) is 0 Å². The maximum Gasteiger partial charge on any atom is 0.325 e. The number of ether oxygens (including phenoxy) is 1. The average molecular weight is 514 g/mol. The number of esters is 1. The van der Waals surface area contributed by atoms with E-state index in [4.69, 9.17) is 16.3 Å². The minimum Gasteiger partial charge on any atom is -0.468 e. The van der Waals surface area contributed by atoms with E-state index in [2.05, 4.69) is 4.99 Å². The van der Waals surface area contributed by atoms with Crippen molar-refractivity contribution in [1.82, 2.24) is 8.87 Å². The van der Waals surface area contributed by atoms with E-state index in [0.29, 0.717) is 22.0 Å². The van der Waals surface area contributed by atoms with Crippen molar-refractivity contribution in [2.75, 3.05) is 13.7 Å². The summed E-state index contributed by atoms with van der Waals surface area (Å²) in [4.78, 5) is 29.7. The van der Waals surface area contributed by atoms with Gasteiger partial charge in [0.1, 0.15) is 16.8 Å². The molecule has 1 unspecified atom stereocenters. The van der Waals surface area contributed by atoms with Gasteiger partial charge in [-0.15, -0.1) is 11.3 Å². The van der Waals surface area contributed by atoms with Gasteiger partial charge in [-0.2, -0.15) is 9.30 Å². The second-order valence-corrected chi connectivity index (χ2v) is 12.1. The number of amides is 1. The molecule has 1 atom stereocenters. The number of hydrogen-bond acceptors (Lipinski definition) is 7. The summed E-state index contributed by atoms with van der Waals surface area (Å²) in [6.45, 7) is 2.08. The fraction of sp³-hybridized carbons (Fsp3) is 0.350. The number of halogens is 1. The van der Waals surface area contributed by atoms with E-state index < -0.39 is 27.9 Å². The van der Waals surface area contributed by atoms with Crippen molar-refractivity contribution in [3.8, 4) is 0 Å². The summed E-state index contributed by atoms with van der Waals surface area (Å²) in [5.41, 5.74) is 1.78. The molecule has 4 rings (SSSR count). The third kappa shape index (κ3) is 4.40. The zero-order valence-electron chi connectivity index (χ0n) is 17.3. The summed E-state index contributed by atoms with van der Waals surface area (Å²) in [6.07, 6.45) is 0.930. The SMILES string of the molecule is COC(=O)Cn1c(=NC(=O)C2CCCN2S(=O)(=O)c2ccc(Cl)s2)sc2cc(C)ccc21. The zero-order chi connectivity index (χ0) is 23.0. The van der Waals surface area contributed by atoms with Crippen LogP contribution < -0.4 is 4.80 Å². The van der Waals surface area contributed by atoms with Gasteiger partial charge in [-0.25, -0.2) is 8.42 Å². The first-order chi connectivity index (χ1) is 15.2. The highest BCUT2D eigenvalue weighted by Gasteiger charge is 2.40. The van der Waals surface area contributed by atoms with Crippen LogP contribution in [0.25, 0.3) is 10.2 Å². The molecule has 0 spiro atoms. The van der Waals surface area contributed by atoms with Crippen LogP contribution in [0.1, 0.15) is 18.4 Å². The van der Waals surface area contributed by atoms with Crippen LogP contribution >= 0.6 is 34.3 Å². The Labute approximate surface area is 197 Å². The first kappa shape index (κ1) is 23.1. The van der Waals surface area contributed by atoms with Crippen molar-refractivity contribution in [2.45, 2.75) is 36.6 Å². The Morgan fingerprint density at radius 2 is 2.03 bits per heavy atom. The quantitative estimate of drug-likeness (QED) is 0.488. The van der Waals surface area contributed by atoms with Crippen LogP contribution in [0.4, 0.5) is 0 Å². The van der Waals surface area contributed by atoms with Gasteiger partial charge in [-0.1, -0.05) is 29.0 Å². The van der Waals surface area contributed by atoms with Gasteiger partial charge in [0.05, 0.1) is 21.7 Å². The van der Waals surface area contributed by atoms with E-state index in [1.165, 1.54) is 34.9 Å². The number of hydrogen-bond donors (Lipinski definition) is 0. The highest BCUT2D eigenvalue weighted by Crippen LogP contribution is 2.32. The first-order valence-corrected chi connectivity index (χ1v) is 13.2. The number of fused-ring (bicyclic) bond motifs is 1. The van der Waals surface area contributed by atoms with Crippen molar-refractivity contribution in [3.63, 3.8) is 0 Å². The minimum absolute atomic E-state index is 0.0975. The Kier molecular flexibility index (Phi) is 6.55. The van der Waals surface area contributed by atoms with E-state index >= 15 is 0 Å². The molecule has 1 saturated heterocycles. The standard InChI is InChI=1S/C20H20ClN3O5S3/c1-12-5-6-13-15(10-12)30-20(23(13)11-17(25)29-2)22-19(26)14-4-3-9-24(14)32(27,28)18-8-7-16(21)31-18/h5-8,10,14H,3-4,9,11H2,1-2H3. The highest BCUT2D eigenvalue weighted by molar-refractivity contribution is 7.91. The highest BCUT2D eigenvalue weighted by atomic mass is 35.5. The number of methoxy groups -OCH3 is 1. The fourth-order valence-electron chi connectivity index (χ4n) is 3.61. The van der Waals surface area contributed by atoms with Crippen LogP contribution in [-0.2, 0) is 30.9 Å². The molecule has 12 heteroatoms. The number of aromatic nitrogens is 1. The van der Waals surface area contributed by atoms with Crippen molar-refractivity contribution < 1.29 is 22.7 Å². The summed E-state index contributed by atoms with van der Waals surface area (Å²) < 4.78 is 35.1. The van der Waals surface area contributed by atoms with Crippen LogP contribution in [0, 0.1) is 6.92 Å². The molecule has 170 valence electrons. The van der Waals surface area contributed by atoms with Crippen LogP contribution in [0.3, 0.4) is 0 Å². The Morgan fingerprint density at radius 3 is 2.72 bits per heavy atom. The predicted octanol–water partition coefficient (Wildman–Crippen LogP) is 3.18. The molecule has 0 radical (unpaired) electrons. The molecule has 1 aliphatic rings. The molecule has 0 saturated carbocycles. The summed E-state index contributed by atoms with van der Waals surface area (Å²) in [7, 11) is -2.57. The van der Waals surface area contributed by atoms with E-state index in [0.717, 1.165) is 27.1 Å². The third-order valence-electron chi connectivity index (χ3n) is 5.16. The molecule has 1 aromatic carbocycles. The number of nitrogens with zero attached hydrogens (tertiary/aromatic N) is 3. The first-order valence-electron chi connectivity index (χ1n) is 9.73. The lowest BCUT2D eigenvalue weighted by atomic mass is 10.2. The largest absolute Gasteiger partial charge is 0.468 e. The van der Waals surface area contributed by atoms with Crippen LogP contribution in [0.2, 0.25) is 4.34 Å². The molecule has 0 N–H and O–H groups in total. The van der Waals surface area contributed by atoms with Gasteiger partial charge in [0.15, 0.2) is 4.80 Å². The van der Waals surface area contributed by atoms with Crippen LogP contribution in [-0.4, -0.2) is 48.9 Å². The van der Waals surface area contributed by atoms with Crippen molar-refractivity contribution in [3.05, 3.63) is 45.0 Å². The van der Waals surface area contributed by atoms with Gasteiger partial charge >= 0.3 is 5.97 Å². The molecule has 1 amide bonds. The summed E-state index contributed by atoms with van der Waals surface area (Å²) >= 11 is 8.14. The van der Waals surface area contributed by atoms with Crippen molar-refractivity contribution in [2.24, 2.45) is 4.99 Å². The number of carbonyl (C=O) groups is 2. The maximum absolute atomic E-state index is 13.1. The predicted molar refractivity (Wildman–Crippen MR) is 123 cm³/mol.